The summed E-state index contributed by atoms with van der Waals surface area (Å²) in [5.41, 5.74) is 2.83. The molecule has 3 aromatic rings. The Kier molecular flexibility index (Phi) is 4.65. The van der Waals surface area contributed by atoms with Gasteiger partial charge in [0.2, 0.25) is 0 Å². The average molecular weight is 432 g/mol. The van der Waals surface area contributed by atoms with Crippen LogP contribution in [0.4, 0.5) is 0 Å². The second kappa shape index (κ2) is 7.48. The fourth-order valence-electron chi connectivity index (χ4n) is 3.26. The minimum atomic E-state index is -0.453. The van der Waals surface area contributed by atoms with Gasteiger partial charge in [0.05, 0.1) is 11.3 Å². The van der Waals surface area contributed by atoms with Gasteiger partial charge in [-0.2, -0.15) is 4.99 Å². The molecule has 1 N–H and O–H groups in total. The van der Waals surface area contributed by atoms with Crippen LogP contribution in [0.25, 0.3) is 23.1 Å². The van der Waals surface area contributed by atoms with E-state index in [0.717, 1.165) is 16.8 Å². The number of amidine groups is 2. The van der Waals surface area contributed by atoms with Crippen molar-refractivity contribution in [3.05, 3.63) is 94.1 Å². The van der Waals surface area contributed by atoms with E-state index in [1.54, 1.807) is 29.2 Å². The molecule has 1 aromatic heterocycles. The summed E-state index contributed by atoms with van der Waals surface area (Å²) < 4.78 is 5.88. The van der Waals surface area contributed by atoms with E-state index >= 15 is 0 Å². The number of carbonyl (C=O) groups excluding carboxylic acids is 1. The standard InChI is InChI=1S/C23H14ClN3O2S/c24-16-8-6-15(7-9-16)20-11-10-17(29-20)12-18-21(25)27-19(14-4-2-1-3-5-14)13-30-23(27)26-22(18)28/h1-13,25H/b18-12+,25-21?. The Hall–Kier alpha value is -3.35. The van der Waals surface area contributed by atoms with Gasteiger partial charge < -0.3 is 4.42 Å². The van der Waals surface area contributed by atoms with E-state index in [1.807, 2.05) is 53.9 Å². The first kappa shape index (κ1) is 18.7. The fraction of sp³-hybridized carbons (Fsp3) is 0. The van der Waals surface area contributed by atoms with E-state index in [0.29, 0.717) is 21.7 Å². The Bertz CT molecular complexity index is 1260. The van der Waals surface area contributed by atoms with Crippen molar-refractivity contribution < 1.29 is 9.21 Å². The number of amides is 1. The first-order valence-corrected chi connectivity index (χ1v) is 10.4. The Morgan fingerprint density at radius 2 is 1.77 bits per heavy atom. The second-order valence-corrected chi connectivity index (χ2v) is 7.91. The Morgan fingerprint density at radius 1 is 1.00 bits per heavy atom. The summed E-state index contributed by atoms with van der Waals surface area (Å²) >= 11 is 7.28. The van der Waals surface area contributed by atoms with Crippen LogP contribution in [0.15, 0.2) is 87.1 Å². The number of rotatable bonds is 3. The smallest absolute Gasteiger partial charge is 0.283 e. The number of hydrogen-bond donors (Lipinski definition) is 1. The number of nitrogens with zero attached hydrogens (tertiary/aromatic N) is 2. The number of carbonyl (C=O) groups is 1. The van der Waals surface area contributed by atoms with Crippen LogP contribution in [0, 0.1) is 5.41 Å². The molecule has 0 aliphatic carbocycles. The van der Waals surface area contributed by atoms with Gasteiger partial charge in [0.25, 0.3) is 5.91 Å². The normalized spacial score (nSPS) is 17.2. The lowest BCUT2D eigenvalue weighted by molar-refractivity contribution is -0.114. The van der Waals surface area contributed by atoms with E-state index in [-0.39, 0.29) is 11.4 Å². The molecule has 0 saturated carbocycles. The van der Waals surface area contributed by atoms with Crippen molar-refractivity contribution in [3.63, 3.8) is 0 Å². The number of fused-ring (bicyclic) bond motifs is 1. The van der Waals surface area contributed by atoms with Crippen LogP contribution in [0.5, 0.6) is 0 Å². The van der Waals surface area contributed by atoms with Crippen molar-refractivity contribution in [1.82, 2.24) is 4.90 Å². The Labute approximate surface area is 181 Å². The van der Waals surface area contributed by atoms with E-state index in [9.17, 15) is 4.79 Å². The average Bonchev–Trinajstić information content (AvgIpc) is 3.39. The fourth-order valence-corrected chi connectivity index (χ4v) is 4.27. The third kappa shape index (κ3) is 3.30. The van der Waals surface area contributed by atoms with Crippen molar-refractivity contribution in [2.24, 2.45) is 4.99 Å². The van der Waals surface area contributed by atoms with E-state index in [2.05, 4.69) is 4.99 Å². The van der Waals surface area contributed by atoms with Crippen LogP contribution in [0.1, 0.15) is 11.3 Å². The predicted octanol–water partition coefficient (Wildman–Crippen LogP) is 5.90. The molecule has 146 valence electrons. The molecule has 0 saturated heterocycles. The molecule has 2 aliphatic heterocycles. The first-order chi connectivity index (χ1) is 14.6. The van der Waals surface area contributed by atoms with Crippen molar-refractivity contribution in [2.75, 3.05) is 0 Å². The number of halogens is 1. The molecule has 2 aromatic carbocycles. The number of nitrogens with one attached hydrogen (secondary N) is 1. The number of furan rings is 1. The summed E-state index contributed by atoms with van der Waals surface area (Å²) in [4.78, 5) is 18.5. The maximum atomic E-state index is 12.6. The molecule has 7 heteroatoms. The lowest BCUT2D eigenvalue weighted by Gasteiger charge is -2.26. The summed E-state index contributed by atoms with van der Waals surface area (Å²) in [7, 11) is 0. The molecule has 5 nitrogen and oxygen atoms in total. The largest absolute Gasteiger partial charge is 0.457 e. The molecule has 0 radical (unpaired) electrons. The maximum absolute atomic E-state index is 12.6. The molecule has 30 heavy (non-hydrogen) atoms. The molecule has 5 rings (SSSR count). The monoisotopic (exact) mass is 431 g/mol. The number of hydrogen-bond acceptors (Lipinski definition) is 4. The van der Waals surface area contributed by atoms with Crippen LogP contribution >= 0.6 is 23.4 Å². The summed E-state index contributed by atoms with van der Waals surface area (Å²) in [6, 6.07) is 20.6. The third-order valence-electron chi connectivity index (χ3n) is 4.73. The Balaban J connectivity index is 1.48. The van der Waals surface area contributed by atoms with Gasteiger partial charge in [0.15, 0.2) is 5.17 Å². The highest BCUT2D eigenvalue weighted by Gasteiger charge is 2.36. The Morgan fingerprint density at radius 3 is 2.53 bits per heavy atom. The minimum Gasteiger partial charge on any atom is -0.457 e. The lowest BCUT2D eigenvalue weighted by atomic mass is 10.1. The molecule has 0 spiro atoms. The SMILES string of the molecule is N=C1/C(=C\c2ccc(-c3ccc(Cl)cc3)o2)C(=O)N=C2SC=C(c3ccccc3)N12. The van der Waals surface area contributed by atoms with Crippen LogP contribution in [0.3, 0.4) is 0 Å². The zero-order valence-corrected chi connectivity index (χ0v) is 17.1. The van der Waals surface area contributed by atoms with Gasteiger partial charge >= 0.3 is 0 Å². The van der Waals surface area contributed by atoms with Crippen LogP contribution < -0.4 is 0 Å². The highest BCUT2D eigenvalue weighted by atomic mass is 35.5. The third-order valence-corrected chi connectivity index (χ3v) is 5.80. The van der Waals surface area contributed by atoms with Crippen molar-refractivity contribution in [3.8, 4) is 11.3 Å². The topological polar surface area (TPSA) is 69.7 Å². The van der Waals surface area contributed by atoms with Gasteiger partial charge in [0.1, 0.15) is 17.4 Å². The molecule has 3 heterocycles. The van der Waals surface area contributed by atoms with Gasteiger partial charge in [0, 0.05) is 16.0 Å². The van der Waals surface area contributed by atoms with Crippen molar-refractivity contribution in [2.45, 2.75) is 0 Å². The molecule has 0 fully saturated rings. The zero-order valence-electron chi connectivity index (χ0n) is 15.5. The van der Waals surface area contributed by atoms with Crippen LogP contribution in [0.2, 0.25) is 5.02 Å². The minimum absolute atomic E-state index is 0.0783. The van der Waals surface area contributed by atoms with Gasteiger partial charge in [-0.3, -0.25) is 15.1 Å². The van der Waals surface area contributed by atoms with Gasteiger partial charge in [-0.05, 0) is 48.0 Å². The molecular formula is C23H14ClN3O2S. The van der Waals surface area contributed by atoms with E-state index in [1.165, 1.54) is 11.8 Å². The summed E-state index contributed by atoms with van der Waals surface area (Å²) in [6.07, 6.45) is 1.57. The quantitative estimate of drug-likeness (QED) is 0.524. The van der Waals surface area contributed by atoms with Gasteiger partial charge in [-0.1, -0.05) is 53.7 Å². The molecule has 2 aliphatic rings. The van der Waals surface area contributed by atoms with Gasteiger partial charge in [-0.15, -0.1) is 0 Å². The van der Waals surface area contributed by atoms with Crippen molar-refractivity contribution in [1.29, 1.82) is 5.41 Å². The summed E-state index contributed by atoms with van der Waals surface area (Å²) in [5, 5.41) is 11.7. The number of aliphatic imine (C=N–C) groups is 1. The van der Waals surface area contributed by atoms with E-state index in [4.69, 9.17) is 21.4 Å². The van der Waals surface area contributed by atoms with Crippen molar-refractivity contribution >= 4 is 52.0 Å². The predicted molar refractivity (Wildman–Crippen MR) is 121 cm³/mol. The highest BCUT2D eigenvalue weighted by molar-refractivity contribution is 8.17. The second-order valence-electron chi connectivity index (χ2n) is 6.64. The zero-order chi connectivity index (χ0) is 20.7. The molecule has 0 bridgehead atoms. The summed E-state index contributed by atoms with van der Waals surface area (Å²) in [5.74, 6) is 0.753. The lowest BCUT2D eigenvalue weighted by Crippen LogP contribution is -2.37. The molecule has 1 amide bonds. The number of benzene rings is 2. The number of thioether (sulfide) groups is 1. The molecular weight excluding hydrogens is 418 g/mol. The van der Waals surface area contributed by atoms with Gasteiger partial charge in [-0.25, -0.2) is 0 Å². The molecule has 0 unspecified atom stereocenters. The first-order valence-electron chi connectivity index (χ1n) is 9.12. The summed E-state index contributed by atoms with van der Waals surface area (Å²) in [6.45, 7) is 0. The van der Waals surface area contributed by atoms with Crippen LogP contribution in [-0.2, 0) is 4.79 Å². The van der Waals surface area contributed by atoms with Crippen LogP contribution in [-0.4, -0.2) is 21.8 Å². The highest BCUT2D eigenvalue weighted by Crippen LogP contribution is 2.37. The van der Waals surface area contributed by atoms with E-state index < -0.39 is 5.91 Å². The maximum Gasteiger partial charge on any atom is 0.283 e. The molecule has 0 atom stereocenters.